The van der Waals surface area contributed by atoms with Gasteiger partial charge >= 0.3 is 0 Å². The molecule has 5 nitrogen and oxygen atoms in total. The van der Waals surface area contributed by atoms with Crippen molar-refractivity contribution in [1.82, 2.24) is 14.9 Å². The number of hydrogen-bond donors (Lipinski definition) is 0. The standard InChI is InChI=1S/C18H21FN4O/c1-14(11-15-3-2-4-16(19)12-15)18(24)23-9-7-22(8-10-23)17-13-20-5-6-21-17/h2-6,12-14H,7-11H2,1H3. The van der Waals surface area contributed by atoms with E-state index in [9.17, 15) is 9.18 Å². The second-order valence-electron chi connectivity index (χ2n) is 6.11. The average molecular weight is 328 g/mol. The third kappa shape index (κ3) is 3.88. The highest BCUT2D eigenvalue weighted by molar-refractivity contribution is 5.79. The van der Waals surface area contributed by atoms with Crippen LogP contribution >= 0.6 is 0 Å². The van der Waals surface area contributed by atoms with Crippen molar-refractivity contribution >= 4 is 11.7 Å². The normalized spacial score (nSPS) is 16.1. The number of aromatic nitrogens is 2. The molecule has 1 atom stereocenters. The smallest absolute Gasteiger partial charge is 0.225 e. The first-order valence-corrected chi connectivity index (χ1v) is 8.17. The second-order valence-corrected chi connectivity index (χ2v) is 6.11. The number of anilines is 1. The van der Waals surface area contributed by atoms with Crippen LogP contribution in [0.4, 0.5) is 10.2 Å². The van der Waals surface area contributed by atoms with Crippen molar-refractivity contribution in [3.63, 3.8) is 0 Å². The van der Waals surface area contributed by atoms with Crippen molar-refractivity contribution in [3.05, 3.63) is 54.2 Å². The Morgan fingerprint density at radius 1 is 1.25 bits per heavy atom. The van der Waals surface area contributed by atoms with E-state index in [1.165, 1.54) is 12.1 Å². The highest BCUT2D eigenvalue weighted by Gasteiger charge is 2.25. The molecule has 1 aliphatic heterocycles. The van der Waals surface area contributed by atoms with Gasteiger partial charge in [0.15, 0.2) is 0 Å². The summed E-state index contributed by atoms with van der Waals surface area (Å²) in [7, 11) is 0. The Morgan fingerprint density at radius 3 is 2.71 bits per heavy atom. The number of hydrogen-bond acceptors (Lipinski definition) is 4. The fraction of sp³-hybridized carbons (Fsp3) is 0.389. The van der Waals surface area contributed by atoms with E-state index in [0.717, 1.165) is 24.5 Å². The van der Waals surface area contributed by atoms with Gasteiger partial charge in [0.05, 0.1) is 6.20 Å². The van der Waals surface area contributed by atoms with E-state index in [1.807, 2.05) is 17.9 Å². The summed E-state index contributed by atoms with van der Waals surface area (Å²) in [6, 6.07) is 6.46. The van der Waals surface area contributed by atoms with E-state index < -0.39 is 0 Å². The summed E-state index contributed by atoms with van der Waals surface area (Å²) in [4.78, 5) is 25.0. The molecule has 1 amide bonds. The Balaban J connectivity index is 1.55. The van der Waals surface area contributed by atoms with Gasteiger partial charge in [-0.05, 0) is 24.1 Å². The van der Waals surface area contributed by atoms with Crippen molar-refractivity contribution in [3.8, 4) is 0 Å². The van der Waals surface area contributed by atoms with Gasteiger partial charge in [-0.3, -0.25) is 9.78 Å². The van der Waals surface area contributed by atoms with E-state index in [-0.39, 0.29) is 17.6 Å². The molecule has 126 valence electrons. The highest BCUT2D eigenvalue weighted by atomic mass is 19.1. The van der Waals surface area contributed by atoms with Crippen LogP contribution in [0.25, 0.3) is 0 Å². The van der Waals surface area contributed by atoms with Crippen molar-refractivity contribution in [2.45, 2.75) is 13.3 Å². The molecule has 24 heavy (non-hydrogen) atoms. The molecule has 1 saturated heterocycles. The van der Waals surface area contributed by atoms with Crippen LogP contribution in [-0.2, 0) is 11.2 Å². The molecular weight excluding hydrogens is 307 g/mol. The van der Waals surface area contributed by atoms with E-state index in [2.05, 4.69) is 14.9 Å². The molecule has 1 aliphatic rings. The van der Waals surface area contributed by atoms with E-state index in [0.29, 0.717) is 19.5 Å². The topological polar surface area (TPSA) is 49.3 Å². The van der Waals surface area contributed by atoms with Crippen LogP contribution < -0.4 is 4.90 Å². The van der Waals surface area contributed by atoms with Crippen molar-refractivity contribution in [2.75, 3.05) is 31.1 Å². The van der Waals surface area contributed by atoms with E-state index in [1.54, 1.807) is 24.7 Å². The van der Waals surface area contributed by atoms with Crippen molar-refractivity contribution < 1.29 is 9.18 Å². The molecule has 0 radical (unpaired) electrons. The molecule has 1 aromatic carbocycles. The Hall–Kier alpha value is -2.50. The largest absolute Gasteiger partial charge is 0.352 e. The lowest BCUT2D eigenvalue weighted by atomic mass is 9.99. The van der Waals surface area contributed by atoms with Gasteiger partial charge in [-0.15, -0.1) is 0 Å². The molecule has 1 unspecified atom stereocenters. The Kier molecular flexibility index (Phi) is 5.03. The summed E-state index contributed by atoms with van der Waals surface area (Å²) < 4.78 is 13.3. The summed E-state index contributed by atoms with van der Waals surface area (Å²) in [6.45, 7) is 4.74. The van der Waals surface area contributed by atoms with Crippen LogP contribution in [0.5, 0.6) is 0 Å². The van der Waals surface area contributed by atoms with Crippen molar-refractivity contribution in [1.29, 1.82) is 0 Å². The van der Waals surface area contributed by atoms with Gasteiger partial charge in [-0.25, -0.2) is 9.37 Å². The van der Waals surface area contributed by atoms with Crippen molar-refractivity contribution in [2.24, 2.45) is 5.92 Å². The predicted molar refractivity (Wildman–Crippen MR) is 90.1 cm³/mol. The third-order valence-electron chi connectivity index (χ3n) is 4.32. The molecule has 3 rings (SSSR count). The molecular formula is C18H21FN4O. The molecule has 0 N–H and O–H groups in total. The molecule has 6 heteroatoms. The first-order valence-electron chi connectivity index (χ1n) is 8.17. The number of piperazine rings is 1. The molecule has 0 spiro atoms. The summed E-state index contributed by atoms with van der Waals surface area (Å²) in [6.07, 6.45) is 5.62. The fourth-order valence-corrected chi connectivity index (χ4v) is 3.03. The lowest BCUT2D eigenvalue weighted by Gasteiger charge is -2.36. The minimum Gasteiger partial charge on any atom is -0.352 e. The highest BCUT2D eigenvalue weighted by Crippen LogP contribution is 2.16. The molecule has 0 bridgehead atoms. The quantitative estimate of drug-likeness (QED) is 0.863. The Bertz CT molecular complexity index is 686. The number of carbonyl (C=O) groups excluding carboxylic acids is 1. The molecule has 0 saturated carbocycles. The second kappa shape index (κ2) is 7.38. The summed E-state index contributed by atoms with van der Waals surface area (Å²) in [5.74, 6) is 0.551. The van der Waals surface area contributed by atoms with Crippen LogP contribution in [-0.4, -0.2) is 47.0 Å². The maximum absolute atomic E-state index is 13.3. The monoisotopic (exact) mass is 328 g/mol. The Labute approximate surface area is 141 Å². The lowest BCUT2D eigenvalue weighted by Crippen LogP contribution is -2.50. The zero-order valence-corrected chi connectivity index (χ0v) is 13.7. The van der Waals surface area contributed by atoms with Gasteiger partial charge < -0.3 is 9.80 Å². The Morgan fingerprint density at radius 2 is 2.04 bits per heavy atom. The number of rotatable bonds is 4. The number of amides is 1. The van der Waals surface area contributed by atoms with Gasteiger partial charge in [0.25, 0.3) is 0 Å². The zero-order chi connectivity index (χ0) is 16.9. The first kappa shape index (κ1) is 16.4. The molecule has 0 aliphatic carbocycles. The van der Waals surface area contributed by atoms with Gasteiger partial charge in [0.1, 0.15) is 11.6 Å². The van der Waals surface area contributed by atoms with E-state index >= 15 is 0 Å². The molecule has 1 fully saturated rings. The number of halogens is 1. The van der Waals surface area contributed by atoms with Gasteiger partial charge in [-0.1, -0.05) is 19.1 Å². The van der Waals surface area contributed by atoms with Crippen LogP contribution in [0, 0.1) is 11.7 Å². The van der Waals surface area contributed by atoms with Crippen LogP contribution in [0.3, 0.4) is 0 Å². The van der Waals surface area contributed by atoms with Gasteiger partial charge in [0, 0.05) is 44.5 Å². The first-order chi connectivity index (χ1) is 11.6. The maximum atomic E-state index is 13.3. The molecule has 1 aromatic heterocycles. The van der Waals surface area contributed by atoms with Crippen LogP contribution in [0.2, 0.25) is 0 Å². The number of carbonyl (C=O) groups is 1. The summed E-state index contributed by atoms with van der Waals surface area (Å²) in [5.41, 5.74) is 0.856. The molecule has 2 heterocycles. The SMILES string of the molecule is CC(Cc1cccc(F)c1)C(=O)N1CCN(c2cnccn2)CC1. The third-order valence-corrected chi connectivity index (χ3v) is 4.32. The number of nitrogens with zero attached hydrogens (tertiary/aromatic N) is 4. The maximum Gasteiger partial charge on any atom is 0.225 e. The summed E-state index contributed by atoms with van der Waals surface area (Å²) >= 11 is 0. The van der Waals surface area contributed by atoms with Gasteiger partial charge in [0.2, 0.25) is 5.91 Å². The van der Waals surface area contributed by atoms with E-state index in [4.69, 9.17) is 0 Å². The number of benzene rings is 1. The zero-order valence-electron chi connectivity index (χ0n) is 13.7. The minimum absolute atomic E-state index is 0.123. The lowest BCUT2D eigenvalue weighted by molar-refractivity contribution is -0.135. The average Bonchev–Trinajstić information content (AvgIpc) is 2.62. The van der Waals surface area contributed by atoms with Gasteiger partial charge in [-0.2, -0.15) is 0 Å². The van der Waals surface area contributed by atoms with Crippen LogP contribution in [0.1, 0.15) is 12.5 Å². The molecule has 2 aromatic rings. The predicted octanol–water partition coefficient (Wildman–Crippen LogP) is 2.14. The van der Waals surface area contributed by atoms with Crippen LogP contribution in [0.15, 0.2) is 42.9 Å². The summed E-state index contributed by atoms with van der Waals surface area (Å²) in [5, 5.41) is 0. The fourth-order valence-electron chi connectivity index (χ4n) is 3.03. The minimum atomic E-state index is -0.260.